The van der Waals surface area contributed by atoms with Crippen molar-refractivity contribution in [2.24, 2.45) is 0 Å². The fraction of sp³-hybridized carbons (Fsp3) is 0.0323. The minimum absolute atomic E-state index is 0.951. The van der Waals surface area contributed by atoms with Crippen LogP contribution in [-0.4, -0.2) is 4.98 Å². The fourth-order valence-corrected chi connectivity index (χ4v) is 4.51. The second kappa shape index (κ2) is 8.92. The summed E-state index contributed by atoms with van der Waals surface area (Å²) in [5.74, 6) is 0. The Morgan fingerprint density at radius 1 is 0.543 bits per heavy atom. The first kappa shape index (κ1) is 20.9. The summed E-state index contributed by atoms with van der Waals surface area (Å²) >= 11 is 0. The maximum atomic E-state index is 5.08. The summed E-state index contributed by atoms with van der Waals surface area (Å²) in [5, 5.41) is 7.08. The summed E-state index contributed by atoms with van der Waals surface area (Å²) < 4.78 is 2.30. The van der Waals surface area contributed by atoms with Gasteiger partial charge in [-0.3, -0.25) is 0 Å². The molecule has 0 aliphatic rings. The van der Waals surface area contributed by atoms with E-state index in [0.29, 0.717) is 0 Å². The predicted octanol–water partition coefficient (Wildman–Crippen LogP) is 7.46. The van der Waals surface area contributed by atoms with E-state index in [4.69, 9.17) is 4.98 Å². The van der Waals surface area contributed by atoms with Crippen LogP contribution in [0.5, 0.6) is 0 Å². The summed E-state index contributed by atoms with van der Waals surface area (Å²) in [7, 11) is 0. The minimum Gasteiger partial charge on any atom is -0.355 e. The van der Waals surface area contributed by atoms with Gasteiger partial charge in [-0.05, 0) is 55.0 Å². The van der Waals surface area contributed by atoms with Gasteiger partial charge in [-0.2, -0.15) is 0 Å². The number of benzene rings is 5. The molecule has 0 bridgehead atoms. The molecule has 0 radical (unpaired) electrons. The topological polar surface area (TPSA) is 40.8 Å². The summed E-state index contributed by atoms with van der Waals surface area (Å²) in [5.41, 5.74) is 10.4. The van der Waals surface area contributed by atoms with Gasteiger partial charge in [0.25, 0.3) is 0 Å². The van der Waals surface area contributed by atoms with E-state index in [9.17, 15) is 0 Å². The summed E-state index contributed by atoms with van der Waals surface area (Å²) in [4.78, 5) is 5.08. The number of hydrogen-bond acceptors (Lipinski definition) is 3. The summed E-state index contributed by atoms with van der Waals surface area (Å²) in [6.07, 6.45) is 0. The van der Waals surface area contributed by atoms with Gasteiger partial charge in [-0.1, -0.05) is 54.6 Å². The molecule has 0 saturated carbocycles. The van der Waals surface area contributed by atoms with E-state index >= 15 is 0 Å². The maximum Gasteiger partial charge on any atom is 0.239 e. The standard InChI is InChI=1S/C31H24N4/c1-22-19-26(33-24-13-7-3-8-14-24)21-30-31(22)34-28-18-17-25(32-23-11-5-2-6-12-23)20-29(28)35(30)27-15-9-4-10-16-27/h2-21H,1H3,(H,32,33)/p+1. The number of nitrogens with zero attached hydrogens (tertiary/aromatic N) is 2. The van der Waals surface area contributed by atoms with Crippen LogP contribution in [0.25, 0.3) is 27.8 Å². The van der Waals surface area contributed by atoms with Gasteiger partial charge < -0.3 is 10.6 Å². The third-order valence-electron chi connectivity index (χ3n) is 6.11. The van der Waals surface area contributed by atoms with E-state index in [1.165, 1.54) is 0 Å². The van der Waals surface area contributed by atoms with Crippen molar-refractivity contribution in [1.29, 1.82) is 0 Å². The minimum atomic E-state index is 0.951. The van der Waals surface area contributed by atoms with Crippen molar-refractivity contribution in [3.63, 3.8) is 0 Å². The summed E-state index contributed by atoms with van der Waals surface area (Å²) in [6.45, 7) is 2.12. The molecule has 6 aromatic rings. The highest BCUT2D eigenvalue weighted by Crippen LogP contribution is 2.28. The molecule has 35 heavy (non-hydrogen) atoms. The Kier molecular flexibility index (Phi) is 5.32. The Morgan fingerprint density at radius 2 is 1.11 bits per heavy atom. The van der Waals surface area contributed by atoms with Crippen LogP contribution in [0.2, 0.25) is 0 Å². The van der Waals surface area contributed by atoms with E-state index < -0.39 is 0 Å². The third kappa shape index (κ3) is 4.18. The lowest BCUT2D eigenvalue weighted by atomic mass is 10.1. The normalized spacial score (nSPS) is 11.0. The average molecular weight is 454 g/mol. The van der Waals surface area contributed by atoms with Crippen molar-refractivity contribution in [2.75, 3.05) is 10.6 Å². The van der Waals surface area contributed by atoms with E-state index in [1.54, 1.807) is 0 Å². The highest BCUT2D eigenvalue weighted by atomic mass is 15.0. The van der Waals surface area contributed by atoms with Crippen LogP contribution < -0.4 is 15.2 Å². The fourth-order valence-electron chi connectivity index (χ4n) is 4.51. The van der Waals surface area contributed by atoms with Crippen LogP contribution in [0.4, 0.5) is 22.7 Å². The lowest BCUT2D eigenvalue weighted by Crippen LogP contribution is -2.33. The predicted molar refractivity (Wildman–Crippen MR) is 145 cm³/mol. The van der Waals surface area contributed by atoms with Crippen molar-refractivity contribution in [2.45, 2.75) is 6.92 Å². The molecule has 0 aliphatic carbocycles. The zero-order valence-corrected chi connectivity index (χ0v) is 19.4. The Morgan fingerprint density at radius 3 is 1.77 bits per heavy atom. The molecule has 4 nitrogen and oxygen atoms in total. The van der Waals surface area contributed by atoms with Crippen LogP contribution in [0.1, 0.15) is 5.56 Å². The van der Waals surface area contributed by atoms with Crippen LogP contribution in [-0.2, 0) is 0 Å². The largest absolute Gasteiger partial charge is 0.355 e. The number of aryl methyl sites for hydroxylation is 1. The second-order valence-corrected chi connectivity index (χ2v) is 8.63. The molecule has 0 saturated heterocycles. The number of fused-ring (bicyclic) bond motifs is 2. The second-order valence-electron chi connectivity index (χ2n) is 8.63. The number of rotatable bonds is 5. The molecule has 5 aromatic carbocycles. The van der Waals surface area contributed by atoms with E-state index in [-0.39, 0.29) is 0 Å². The molecule has 6 rings (SSSR count). The molecule has 2 N–H and O–H groups in total. The molecule has 0 unspecified atom stereocenters. The SMILES string of the molecule is Cc1cc(Nc2ccccc2)cc2c1nc1ccc(Nc3ccccc3)cc1[n+]2-c1ccccc1. The highest BCUT2D eigenvalue weighted by Gasteiger charge is 2.22. The van der Waals surface area contributed by atoms with Gasteiger partial charge in [0.1, 0.15) is 11.0 Å². The van der Waals surface area contributed by atoms with Gasteiger partial charge in [-0.25, -0.2) is 4.98 Å². The Bertz CT molecular complexity index is 1630. The first-order valence-electron chi connectivity index (χ1n) is 11.7. The molecule has 168 valence electrons. The average Bonchev–Trinajstić information content (AvgIpc) is 2.89. The highest BCUT2D eigenvalue weighted by molar-refractivity contribution is 5.88. The number of para-hydroxylation sites is 3. The van der Waals surface area contributed by atoms with Crippen LogP contribution >= 0.6 is 0 Å². The number of hydrogen-bond donors (Lipinski definition) is 2. The smallest absolute Gasteiger partial charge is 0.239 e. The zero-order valence-electron chi connectivity index (χ0n) is 19.4. The molecule has 1 aromatic heterocycles. The van der Waals surface area contributed by atoms with E-state index in [2.05, 4.69) is 101 Å². The number of nitrogens with one attached hydrogen (secondary N) is 2. The Balaban J connectivity index is 1.58. The third-order valence-corrected chi connectivity index (χ3v) is 6.11. The first-order chi connectivity index (χ1) is 17.2. The van der Waals surface area contributed by atoms with Crippen molar-refractivity contribution < 1.29 is 4.57 Å². The van der Waals surface area contributed by atoms with Crippen LogP contribution in [0, 0.1) is 6.92 Å². The first-order valence-corrected chi connectivity index (χ1v) is 11.7. The molecular weight excluding hydrogens is 428 g/mol. The molecule has 0 amide bonds. The van der Waals surface area contributed by atoms with Crippen molar-refractivity contribution in [1.82, 2.24) is 4.98 Å². The number of anilines is 4. The van der Waals surface area contributed by atoms with Gasteiger partial charge >= 0.3 is 0 Å². The van der Waals surface area contributed by atoms with Crippen LogP contribution in [0.15, 0.2) is 121 Å². The lowest BCUT2D eigenvalue weighted by molar-refractivity contribution is -0.538. The maximum absolute atomic E-state index is 5.08. The van der Waals surface area contributed by atoms with Crippen LogP contribution in [0.3, 0.4) is 0 Å². The van der Waals surface area contributed by atoms with Crippen molar-refractivity contribution in [3.8, 4) is 5.69 Å². The molecule has 0 spiro atoms. The Hall–Kier alpha value is -4.70. The van der Waals surface area contributed by atoms with Gasteiger partial charge in [0.15, 0.2) is 0 Å². The van der Waals surface area contributed by atoms with E-state index in [0.717, 1.165) is 56.1 Å². The Labute approximate surface area is 204 Å². The van der Waals surface area contributed by atoms with Gasteiger partial charge in [0, 0.05) is 47.0 Å². The molecule has 0 fully saturated rings. The zero-order chi connectivity index (χ0) is 23.6. The molecule has 1 heterocycles. The van der Waals surface area contributed by atoms with Gasteiger partial charge in [-0.15, -0.1) is 4.57 Å². The van der Waals surface area contributed by atoms with Gasteiger partial charge in [0.05, 0.1) is 0 Å². The van der Waals surface area contributed by atoms with Crippen molar-refractivity contribution in [3.05, 3.63) is 127 Å². The molecule has 0 atom stereocenters. The molecular formula is C31H25N4+. The molecule has 0 aliphatic heterocycles. The summed E-state index contributed by atoms with van der Waals surface area (Å²) in [6, 6.07) is 41.7. The number of aromatic nitrogens is 2. The molecule has 4 heteroatoms. The quantitative estimate of drug-likeness (QED) is 0.210. The van der Waals surface area contributed by atoms with E-state index in [1.807, 2.05) is 42.5 Å². The lowest BCUT2D eigenvalue weighted by Gasteiger charge is -2.12. The van der Waals surface area contributed by atoms with Crippen molar-refractivity contribution >= 4 is 44.8 Å². The van der Waals surface area contributed by atoms with Gasteiger partial charge in [0.2, 0.25) is 16.7 Å². The monoisotopic (exact) mass is 453 g/mol.